The van der Waals surface area contributed by atoms with E-state index in [1.54, 1.807) is 12.1 Å². The second kappa shape index (κ2) is 6.23. The van der Waals surface area contributed by atoms with Crippen LogP contribution in [0.4, 0.5) is 4.39 Å². The van der Waals surface area contributed by atoms with Crippen LogP contribution in [0, 0.1) is 11.7 Å². The maximum atomic E-state index is 13.9. The molecule has 1 heterocycles. The Bertz CT molecular complexity index is 479. The maximum Gasteiger partial charge on any atom is 0.127 e. The predicted molar refractivity (Wildman–Crippen MR) is 81.0 cm³/mol. The Kier molecular flexibility index (Phi) is 4.53. The van der Waals surface area contributed by atoms with Crippen molar-refractivity contribution < 1.29 is 14.2 Å². The zero-order valence-corrected chi connectivity index (χ0v) is 12.9. The van der Waals surface area contributed by atoms with E-state index >= 15 is 0 Å². The van der Waals surface area contributed by atoms with E-state index in [1.165, 1.54) is 18.9 Å². The predicted octanol–water partition coefficient (Wildman–Crippen LogP) is 4.12. The molecule has 0 radical (unpaired) electrons. The van der Waals surface area contributed by atoms with E-state index in [0.29, 0.717) is 17.2 Å². The Morgan fingerprint density at radius 3 is 2.86 bits per heavy atom. The standard InChI is InChI=1S/C17H22ClFO2/c18-14-4-3-5-15(19)13(14)10-16(20)12-6-9-21-17(11-12)7-1-2-8-17/h3-5,12,16,20H,1-2,6-11H2. The van der Waals surface area contributed by atoms with Crippen molar-refractivity contribution in [3.63, 3.8) is 0 Å². The normalized spacial score (nSPS) is 26.1. The Hall–Kier alpha value is -0.640. The zero-order valence-electron chi connectivity index (χ0n) is 12.2. The summed E-state index contributed by atoms with van der Waals surface area (Å²) >= 11 is 6.06. The quantitative estimate of drug-likeness (QED) is 0.909. The topological polar surface area (TPSA) is 29.5 Å². The molecule has 21 heavy (non-hydrogen) atoms. The summed E-state index contributed by atoms with van der Waals surface area (Å²) in [7, 11) is 0. The van der Waals surface area contributed by atoms with E-state index in [4.69, 9.17) is 16.3 Å². The molecule has 1 aliphatic carbocycles. The Labute approximate surface area is 130 Å². The molecule has 2 aliphatic rings. The number of ether oxygens (including phenoxy) is 1. The van der Waals surface area contributed by atoms with Gasteiger partial charge in [-0.25, -0.2) is 4.39 Å². The monoisotopic (exact) mass is 312 g/mol. The highest BCUT2D eigenvalue weighted by Crippen LogP contribution is 2.43. The van der Waals surface area contributed by atoms with Gasteiger partial charge in [-0.2, -0.15) is 0 Å². The molecule has 116 valence electrons. The van der Waals surface area contributed by atoms with Crippen molar-refractivity contribution in [2.45, 2.75) is 56.7 Å². The van der Waals surface area contributed by atoms with Crippen LogP contribution in [0.2, 0.25) is 5.02 Å². The van der Waals surface area contributed by atoms with E-state index < -0.39 is 6.10 Å². The third kappa shape index (κ3) is 3.25. The van der Waals surface area contributed by atoms with Gasteiger partial charge in [-0.3, -0.25) is 0 Å². The van der Waals surface area contributed by atoms with Crippen molar-refractivity contribution in [1.82, 2.24) is 0 Å². The van der Waals surface area contributed by atoms with Crippen LogP contribution < -0.4 is 0 Å². The summed E-state index contributed by atoms with van der Waals surface area (Å²) in [5.74, 6) is -0.156. The van der Waals surface area contributed by atoms with Crippen LogP contribution in [-0.4, -0.2) is 23.4 Å². The molecule has 1 aliphatic heterocycles. The molecule has 4 heteroatoms. The van der Waals surface area contributed by atoms with Crippen molar-refractivity contribution in [2.24, 2.45) is 5.92 Å². The average molecular weight is 313 g/mol. The van der Waals surface area contributed by atoms with Gasteiger partial charge < -0.3 is 9.84 Å². The van der Waals surface area contributed by atoms with Crippen molar-refractivity contribution in [2.75, 3.05) is 6.61 Å². The second-order valence-electron chi connectivity index (χ2n) is 6.46. The van der Waals surface area contributed by atoms with E-state index in [-0.39, 0.29) is 23.8 Å². The van der Waals surface area contributed by atoms with Gasteiger partial charge in [0.2, 0.25) is 0 Å². The molecule has 1 aromatic carbocycles. The minimum Gasteiger partial charge on any atom is -0.392 e. The van der Waals surface area contributed by atoms with E-state index in [9.17, 15) is 9.50 Å². The Morgan fingerprint density at radius 2 is 2.14 bits per heavy atom. The van der Waals surface area contributed by atoms with Crippen LogP contribution in [0.1, 0.15) is 44.1 Å². The van der Waals surface area contributed by atoms with E-state index in [0.717, 1.165) is 25.7 Å². The SMILES string of the molecule is OC(Cc1c(F)cccc1Cl)C1CCOC2(CCCC2)C1. The lowest BCUT2D eigenvalue weighted by Gasteiger charge is -2.40. The van der Waals surface area contributed by atoms with Crippen LogP contribution in [0.25, 0.3) is 0 Å². The first-order chi connectivity index (χ1) is 10.1. The zero-order chi connectivity index (χ0) is 14.9. The summed E-state index contributed by atoms with van der Waals surface area (Å²) in [6, 6.07) is 4.67. The molecule has 3 rings (SSSR count). The van der Waals surface area contributed by atoms with Gasteiger partial charge in [-0.05, 0) is 43.7 Å². The van der Waals surface area contributed by atoms with Gasteiger partial charge in [-0.15, -0.1) is 0 Å². The van der Waals surface area contributed by atoms with Crippen molar-refractivity contribution in [3.05, 3.63) is 34.6 Å². The molecule has 0 bridgehead atoms. The molecule has 1 saturated heterocycles. The first kappa shape index (κ1) is 15.3. The van der Waals surface area contributed by atoms with Crippen LogP contribution in [0.5, 0.6) is 0 Å². The Balaban J connectivity index is 1.69. The lowest BCUT2D eigenvalue weighted by Crippen LogP contribution is -2.41. The summed E-state index contributed by atoms with van der Waals surface area (Å²) in [6.07, 6.45) is 6.07. The summed E-state index contributed by atoms with van der Waals surface area (Å²) in [4.78, 5) is 0. The molecule has 1 saturated carbocycles. The highest BCUT2D eigenvalue weighted by molar-refractivity contribution is 6.31. The van der Waals surface area contributed by atoms with Gasteiger partial charge in [0.25, 0.3) is 0 Å². The van der Waals surface area contributed by atoms with Crippen LogP contribution in [0.15, 0.2) is 18.2 Å². The molecule has 1 N–H and O–H groups in total. The highest BCUT2D eigenvalue weighted by Gasteiger charge is 2.41. The number of aliphatic hydroxyl groups excluding tert-OH is 1. The molecule has 2 fully saturated rings. The Morgan fingerprint density at radius 1 is 1.38 bits per heavy atom. The lowest BCUT2D eigenvalue weighted by molar-refractivity contribution is -0.112. The van der Waals surface area contributed by atoms with Crippen LogP contribution >= 0.6 is 11.6 Å². The van der Waals surface area contributed by atoms with Crippen molar-refractivity contribution in [1.29, 1.82) is 0 Å². The molecule has 1 aromatic rings. The maximum absolute atomic E-state index is 13.9. The van der Waals surface area contributed by atoms with Gasteiger partial charge in [0.1, 0.15) is 5.82 Å². The van der Waals surface area contributed by atoms with Gasteiger partial charge >= 0.3 is 0 Å². The highest BCUT2D eigenvalue weighted by atomic mass is 35.5. The smallest absolute Gasteiger partial charge is 0.127 e. The lowest BCUT2D eigenvalue weighted by atomic mass is 9.80. The van der Waals surface area contributed by atoms with Gasteiger partial charge in [-0.1, -0.05) is 30.5 Å². The summed E-state index contributed by atoms with van der Waals surface area (Å²) in [5.41, 5.74) is 0.404. The van der Waals surface area contributed by atoms with Gasteiger partial charge in [0.15, 0.2) is 0 Å². The fourth-order valence-electron chi connectivity index (χ4n) is 3.86. The third-order valence-electron chi connectivity index (χ3n) is 5.06. The average Bonchev–Trinajstić information content (AvgIpc) is 2.91. The van der Waals surface area contributed by atoms with Crippen LogP contribution in [-0.2, 0) is 11.2 Å². The number of benzene rings is 1. The molecule has 2 nitrogen and oxygen atoms in total. The largest absolute Gasteiger partial charge is 0.392 e. The number of hydrogen-bond donors (Lipinski definition) is 1. The molecule has 0 aromatic heterocycles. The van der Waals surface area contributed by atoms with Crippen molar-refractivity contribution in [3.8, 4) is 0 Å². The molecule has 2 unspecified atom stereocenters. The first-order valence-electron chi connectivity index (χ1n) is 7.85. The third-order valence-corrected chi connectivity index (χ3v) is 5.42. The number of aliphatic hydroxyl groups is 1. The minimum atomic E-state index is -0.555. The minimum absolute atomic E-state index is 0.0249. The summed E-state index contributed by atoms with van der Waals surface area (Å²) < 4.78 is 19.8. The molecule has 1 spiro atoms. The fourth-order valence-corrected chi connectivity index (χ4v) is 4.11. The van der Waals surface area contributed by atoms with Gasteiger partial charge in [0, 0.05) is 23.6 Å². The molecule has 0 amide bonds. The van der Waals surface area contributed by atoms with E-state index in [1.807, 2.05) is 0 Å². The summed E-state index contributed by atoms with van der Waals surface area (Å²) in [6.45, 7) is 0.701. The molecule has 2 atom stereocenters. The summed E-state index contributed by atoms with van der Waals surface area (Å²) in [5, 5.41) is 10.9. The van der Waals surface area contributed by atoms with E-state index in [2.05, 4.69) is 0 Å². The fraction of sp³-hybridized carbons (Fsp3) is 0.647. The molecular formula is C17H22ClFO2. The first-order valence-corrected chi connectivity index (χ1v) is 8.22. The van der Waals surface area contributed by atoms with Crippen molar-refractivity contribution >= 4 is 11.6 Å². The number of hydrogen-bond acceptors (Lipinski definition) is 2. The molecular weight excluding hydrogens is 291 g/mol. The van der Waals surface area contributed by atoms with Crippen LogP contribution in [0.3, 0.4) is 0 Å². The van der Waals surface area contributed by atoms with Gasteiger partial charge in [0.05, 0.1) is 11.7 Å². The number of halogens is 2. The number of rotatable bonds is 3. The second-order valence-corrected chi connectivity index (χ2v) is 6.87.